The third-order valence-electron chi connectivity index (χ3n) is 8.21. The van der Waals surface area contributed by atoms with Crippen molar-refractivity contribution in [2.24, 2.45) is 11.3 Å². The number of aliphatic hydroxyl groups is 1. The molecule has 2 amide bonds. The van der Waals surface area contributed by atoms with Gasteiger partial charge < -0.3 is 10.0 Å². The second-order valence-corrected chi connectivity index (χ2v) is 11.1. The molecule has 1 aromatic carbocycles. The lowest BCUT2D eigenvalue weighted by molar-refractivity contribution is -0.134. The predicted molar refractivity (Wildman–Crippen MR) is 128 cm³/mol. The third kappa shape index (κ3) is 4.54. The van der Waals surface area contributed by atoms with Gasteiger partial charge in [-0.15, -0.1) is 0 Å². The van der Waals surface area contributed by atoms with E-state index < -0.39 is 40.4 Å². The predicted octanol–water partition coefficient (Wildman–Crippen LogP) is 4.32. The third-order valence-corrected chi connectivity index (χ3v) is 8.21. The van der Waals surface area contributed by atoms with Crippen LogP contribution in [0, 0.1) is 17.2 Å². The number of allylic oxidation sites excluding steroid dienone is 1. The van der Waals surface area contributed by atoms with Crippen molar-refractivity contribution < 1.29 is 32.3 Å². The number of imide groups is 1. The summed E-state index contributed by atoms with van der Waals surface area (Å²) in [6, 6.07) is 4.74. The summed E-state index contributed by atoms with van der Waals surface area (Å²) in [4.78, 5) is 30.2. The van der Waals surface area contributed by atoms with E-state index in [4.69, 9.17) is 0 Å². The van der Waals surface area contributed by atoms with E-state index in [1.54, 1.807) is 12.1 Å². The number of nitrogens with zero attached hydrogens (tertiary/aromatic N) is 2. The molecular formula is C27H29F4N3O3. The van der Waals surface area contributed by atoms with E-state index in [-0.39, 0.29) is 42.0 Å². The van der Waals surface area contributed by atoms with Gasteiger partial charge in [0.15, 0.2) is 0 Å². The molecule has 3 aliphatic rings. The van der Waals surface area contributed by atoms with Crippen LogP contribution in [0.5, 0.6) is 0 Å². The van der Waals surface area contributed by atoms with Gasteiger partial charge >= 0.3 is 6.18 Å². The maximum absolute atomic E-state index is 16.0. The highest BCUT2D eigenvalue weighted by Crippen LogP contribution is 2.48. The molecule has 1 aromatic heterocycles. The van der Waals surface area contributed by atoms with Crippen LogP contribution in [0.15, 0.2) is 36.0 Å². The fourth-order valence-corrected chi connectivity index (χ4v) is 5.98. The lowest BCUT2D eigenvalue weighted by Crippen LogP contribution is -2.56. The van der Waals surface area contributed by atoms with E-state index in [1.165, 1.54) is 18.3 Å². The molecule has 2 N–H and O–H groups in total. The second kappa shape index (κ2) is 8.87. The van der Waals surface area contributed by atoms with Gasteiger partial charge in [0.2, 0.25) is 11.8 Å². The number of likely N-dealkylation sites (tertiary alicyclic amines) is 1. The smallest absolute Gasteiger partial charge is 0.384 e. The molecule has 3 atom stereocenters. The number of alkyl halides is 3. The Morgan fingerprint density at radius 1 is 1.24 bits per heavy atom. The molecule has 5 rings (SSSR count). The summed E-state index contributed by atoms with van der Waals surface area (Å²) in [7, 11) is 0. The standard InChI is InChI=1S/C27H29F4N3O3/c1-25(2)14-34(13-15-9-17(10-15)27(29,30)31)8-7-26(25,37)20-4-5-21-19(23(20)28)11-16(12-32-21)18-3-6-22(35)33-24(18)36/h4-5,9,11-12,15,18,37H,3,6-8,10,13-14H2,1-2H3,(H,33,35,36). The lowest BCUT2D eigenvalue weighted by atomic mass is 9.66. The summed E-state index contributed by atoms with van der Waals surface area (Å²) >= 11 is 0. The molecule has 2 saturated heterocycles. The number of rotatable bonds is 4. The SMILES string of the molecule is CC1(C)CN(CC2C=C(C(F)(F)F)C2)CCC1(O)c1ccc2ncc(C3CCC(=O)NC3=O)cc2c1F. The molecule has 0 bridgehead atoms. The average molecular weight is 520 g/mol. The first kappa shape index (κ1) is 25.8. The summed E-state index contributed by atoms with van der Waals surface area (Å²) in [5.41, 5.74) is -1.79. The Morgan fingerprint density at radius 2 is 1.97 bits per heavy atom. The Bertz CT molecular complexity index is 1310. The highest BCUT2D eigenvalue weighted by Gasteiger charge is 2.51. The summed E-state index contributed by atoms with van der Waals surface area (Å²) < 4.78 is 54.4. The zero-order chi connectivity index (χ0) is 26.8. The van der Waals surface area contributed by atoms with Crippen LogP contribution in [0.25, 0.3) is 10.9 Å². The molecule has 3 heterocycles. The van der Waals surface area contributed by atoms with Gasteiger partial charge in [0, 0.05) is 54.2 Å². The Hall–Kier alpha value is -2.85. The number of hydrogen-bond acceptors (Lipinski definition) is 5. The Balaban J connectivity index is 1.39. The first-order valence-electron chi connectivity index (χ1n) is 12.4. The first-order chi connectivity index (χ1) is 17.3. The van der Waals surface area contributed by atoms with Crippen molar-refractivity contribution in [3.05, 3.63) is 53.0 Å². The van der Waals surface area contributed by atoms with Crippen molar-refractivity contribution in [3.8, 4) is 0 Å². The number of piperidine rings is 2. The van der Waals surface area contributed by atoms with Gasteiger partial charge in [-0.3, -0.25) is 19.9 Å². The summed E-state index contributed by atoms with van der Waals surface area (Å²) in [6.45, 7) is 4.93. The number of carbonyl (C=O) groups is 2. The molecule has 0 spiro atoms. The van der Waals surface area contributed by atoms with E-state index in [9.17, 15) is 27.9 Å². The molecule has 1 aliphatic carbocycles. The minimum Gasteiger partial charge on any atom is -0.384 e. The van der Waals surface area contributed by atoms with Crippen molar-refractivity contribution in [2.75, 3.05) is 19.6 Å². The summed E-state index contributed by atoms with van der Waals surface area (Å²) in [5.74, 6) is -2.19. The minimum atomic E-state index is -4.28. The molecule has 2 aromatic rings. The molecule has 2 fully saturated rings. The number of amides is 2. The van der Waals surface area contributed by atoms with Crippen LogP contribution in [-0.4, -0.2) is 52.6 Å². The largest absolute Gasteiger partial charge is 0.412 e. The molecule has 3 unspecified atom stereocenters. The molecule has 37 heavy (non-hydrogen) atoms. The van der Waals surface area contributed by atoms with Crippen LogP contribution < -0.4 is 5.32 Å². The zero-order valence-corrected chi connectivity index (χ0v) is 20.7. The number of benzene rings is 1. The van der Waals surface area contributed by atoms with Gasteiger partial charge in [-0.25, -0.2) is 4.39 Å². The van der Waals surface area contributed by atoms with E-state index in [0.29, 0.717) is 37.1 Å². The Morgan fingerprint density at radius 3 is 2.62 bits per heavy atom. The number of pyridine rings is 1. The van der Waals surface area contributed by atoms with Crippen molar-refractivity contribution in [1.29, 1.82) is 0 Å². The number of halogens is 4. The van der Waals surface area contributed by atoms with Crippen LogP contribution in [0.4, 0.5) is 17.6 Å². The maximum atomic E-state index is 16.0. The zero-order valence-electron chi connectivity index (χ0n) is 20.7. The van der Waals surface area contributed by atoms with Gasteiger partial charge in [0.1, 0.15) is 5.82 Å². The molecule has 0 radical (unpaired) electrons. The highest BCUT2D eigenvalue weighted by molar-refractivity contribution is 6.01. The second-order valence-electron chi connectivity index (χ2n) is 11.1. The van der Waals surface area contributed by atoms with Crippen LogP contribution in [-0.2, 0) is 15.2 Å². The molecule has 2 aliphatic heterocycles. The quantitative estimate of drug-likeness (QED) is 0.357. The molecular weight excluding hydrogens is 490 g/mol. The molecule has 0 saturated carbocycles. The van der Waals surface area contributed by atoms with Gasteiger partial charge in [0.25, 0.3) is 0 Å². The van der Waals surface area contributed by atoms with E-state index in [1.807, 2.05) is 18.7 Å². The fraction of sp³-hybridized carbons (Fsp3) is 0.519. The van der Waals surface area contributed by atoms with E-state index in [2.05, 4.69) is 10.3 Å². The lowest BCUT2D eigenvalue weighted by Gasteiger charge is -2.51. The monoisotopic (exact) mass is 519 g/mol. The van der Waals surface area contributed by atoms with Crippen LogP contribution in [0.2, 0.25) is 0 Å². The number of nitrogens with one attached hydrogen (secondary N) is 1. The maximum Gasteiger partial charge on any atom is 0.412 e. The van der Waals surface area contributed by atoms with Crippen LogP contribution in [0.1, 0.15) is 56.6 Å². The summed E-state index contributed by atoms with van der Waals surface area (Å²) in [6.07, 6.45) is -0.792. The Labute approximate surface area is 211 Å². The minimum absolute atomic E-state index is 0.00743. The molecule has 6 nitrogen and oxygen atoms in total. The molecule has 10 heteroatoms. The average Bonchev–Trinajstić information content (AvgIpc) is 2.77. The highest BCUT2D eigenvalue weighted by atomic mass is 19.4. The van der Waals surface area contributed by atoms with Crippen molar-refractivity contribution in [1.82, 2.24) is 15.2 Å². The number of carbonyl (C=O) groups excluding carboxylic acids is 2. The van der Waals surface area contributed by atoms with E-state index in [0.717, 1.165) is 0 Å². The van der Waals surface area contributed by atoms with Crippen LogP contribution in [0.3, 0.4) is 0 Å². The van der Waals surface area contributed by atoms with Gasteiger partial charge in [-0.05, 0) is 42.9 Å². The van der Waals surface area contributed by atoms with Crippen molar-refractivity contribution in [2.45, 2.75) is 57.2 Å². The normalized spacial score (nSPS) is 28.6. The first-order valence-corrected chi connectivity index (χ1v) is 12.4. The summed E-state index contributed by atoms with van der Waals surface area (Å²) in [5, 5.41) is 14.3. The van der Waals surface area contributed by atoms with Gasteiger partial charge in [-0.2, -0.15) is 13.2 Å². The van der Waals surface area contributed by atoms with Crippen molar-refractivity contribution >= 4 is 22.7 Å². The topological polar surface area (TPSA) is 82.5 Å². The van der Waals surface area contributed by atoms with Crippen LogP contribution >= 0.6 is 0 Å². The Kier molecular flexibility index (Phi) is 6.18. The number of aromatic nitrogens is 1. The molecule has 198 valence electrons. The number of hydrogen-bond donors (Lipinski definition) is 2. The number of fused-ring (bicyclic) bond motifs is 1. The van der Waals surface area contributed by atoms with E-state index >= 15 is 4.39 Å². The van der Waals surface area contributed by atoms with Gasteiger partial charge in [-0.1, -0.05) is 26.0 Å². The van der Waals surface area contributed by atoms with Crippen molar-refractivity contribution in [3.63, 3.8) is 0 Å². The fourth-order valence-electron chi connectivity index (χ4n) is 5.98. The van der Waals surface area contributed by atoms with Gasteiger partial charge in [0.05, 0.1) is 17.0 Å².